The number of fused-ring (bicyclic) bond motifs is 1. The van der Waals surface area contributed by atoms with Crippen molar-refractivity contribution >= 4 is 10.9 Å². The van der Waals surface area contributed by atoms with Gasteiger partial charge < -0.3 is 10.3 Å². The third-order valence-electron chi connectivity index (χ3n) is 4.95. The van der Waals surface area contributed by atoms with Crippen LogP contribution in [0.1, 0.15) is 29.9 Å². The summed E-state index contributed by atoms with van der Waals surface area (Å²) in [6, 6.07) is 9.10. The van der Waals surface area contributed by atoms with Gasteiger partial charge in [-0.25, -0.2) is 4.39 Å². The Bertz CT molecular complexity index is 812. The topological polar surface area (TPSA) is 40.7 Å². The molecule has 1 fully saturated rings. The van der Waals surface area contributed by atoms with Crippen molar-refractivity contribution in [1.29, 1.82) is 0 Å². The molecule has 0 amide bonds. The van der Waals surface area contributed by atoms with Crippen LogP contribution >= 0.6 is 0 Å². The summed E-state index contributed by atoms with van der Waals surface area (Å²) in [5, 5.41) is 4.61. The van der Waals surface area contributed by atoms with Gasteiger partial charge in [0, 0.05) is 29.5 Å². The fourth-order valence-corrected chi connectivity index (χ4v) is 3.53. The highest BCUT2D eigenvalue weighted by molar-refractivity contribution is 5.84. The summed E-state index contributed by atoms with van der Waals surface area (Å²) in [7, 11) is 0. The molecule has 4 rings (SSSR count). The van der Waals surface area contributed by atoms with E-state index in [1.165, 1.54) is 23.6 Å². The Morgan fingerprint density at radius 1 is 1.29 bits per heavy atom. The van der Waals surface area contributed by atoms with Gasteiger partial charge >= 0.3 is 0 Å². The predicted octanol–water partition coefficient (Wildman–Crippen LogP) is 4.03. The van der Waals surface area contributed by atoms with Gasteiger partial charge in [0.25, 0.3) is 0 Å². The number of H-pyrrole nitrogens is 1. The van der Waals surface area contributed by atoms with Crippen molar-refractivity contribution in [2.45, 2.75) is 25.2 Å². The van der Waals surface area contributed by atoms with E-state index >= 15 is 0 Å². The second-order valence-corrected chi connectivity index (χ2v) is 6.71. The van der Waals surface area contributed by atoms with Crippen LogP contribution in [-0.2, 0) is 6.42 Å². The zero-order valence-corrected chi connectivity index (χ0v) is 13.6. The van der Waals surface area contributed by atoms with E-state index in [1.54, 1.807) is 6.07 Å². The van der Waals surface area contributed by atoms with Gasteiger partial charge in [-0.05, 0) is 79.6 Å². The molecule has 0 unspecified atom stereocenters. The van der Waals surface area contributed by atoms with Crippen LogP contribution in [0, 0.1) is 11.7 Å². The number of halogens is 1. The third-order valence-corrected chi connectivity index (χ3v) is 4.95. The number of hydrogen-bond acceptors (Lipinski definition) is 2. The summed E-state index contributed by atoms with van der Waals surface area (Å²) < 4.78 is 13.5. The molecule has 1 saturated carbocycles. The fourth-order valence-electron chi connectivity index (χ4n) is 3.53. The van der Waals surface area contributed by atoms with Crippen LogP contribution in [0.3, 0.4) is 0 Å². The van der Waals surface area contributed by atoms with Gasteiger partial charge in [0.15, 0.2) is 0 Å². The number of rotatable bonds is 7. The number of nitrogens with one attached hydrogen (secondary N) is 2. The molecule has 2 N–H and O–H groups in total. The van der Waals surface area contributed by atoms with Gasteiger partial charge in [0.2, 0.25) is 0 Å². The van der Waals surface area contributed by atoms with Gasteiger partial charge in [-0.2, -0.15) is 0 Å². The fraction of sp³-hybridized carbons (Fsp3) is 0.350. The lowest BCUT2D eigenvalue weighted by Crippen LogP contribution is -2.19. The first-order valence-electron chi connectivity index (χ1n) is 8.67. The van der Waals surface area contributed by atoms with E-state index in [4.69, 9.17) is 0 Å². The second-order valence-electron chi connectivity index (χ2n) is 6.71. The molecule has 0 bridgehead atoms. The summed E-state index contributed by atoms with van der Waals surface area (Å²) in [4.78, 5) is 7.40. The van der Waals surface area contributed by atoms with Gasteiger partial charge in [-0.15, -0.1) is 0 Å². The monoisotopic (exact) mass is 323 g/mol. The van der Waals surface area contributed by atoms with Gasteiger partial charge in [-0.1, -0.05) is 6.07 Å². The molecule has 0 aliphatic heterocycles. The van der Waals surface area contributed by atoms with Crippen molar-refractivity contribution < 1.29 is 4.39 Å². The zero-order chi connectivity index (χ0) is 16.4. The number of aromatic nitrogens is 2. The van der Waals surface area contributed by atoms with Gasteiger partial charge in [-0.3, -0.25) is 4.98 Å². The molecular weight excluding hydrogens is 301 g/mol. The third kappa shape index (κ3) is 3.34. The molecule has 0 spiro atoms. The zero-order valence-electron chi connectivity index (χ0n) is 13.6. The summed E-state index contributed by atoms with van der Waals surface area (Å²) in [5.41, 5.74) is 3.59. The maximum absolute atomic E-state index is 13.5. The Labute approximate surface area is 141 Å². The molecule has 1 aromatic carbocycles. The van der Waals surface area contributed by atoms with Crippen LogP contribution in [0.25, 0.3) is 10.9 Å². The SMILES string of the molecule is Fc1ccc2[nH]cc([C@@H]3C[C@H]3CNCCCc3cccnc3)c2c1. The Morgan fingerprint density at radius 2 is 2.25 bits per heavy atom. The Morgan fingerprint density at radius 3 is 3.12 bits per heavy atom. The first-order valence-corrected chi connectivity index (χ1v) is 8.67. The van der Waals surface area contributed by atoms with Crippen molar-refractivity contribution in [3.63, 3.8) is 0 Å². The summed E-state index contributed by atoms with van der Waals surface area (Å²) in [5.74, 6) is 1.08. The standard InChI is InChI=1S/C20H22FN3/c21-16-5-6-20-18(10-16)19(13-24-20)17-9-15(17)12-23-8-2-4-14-3-1-7-22-11-14/h1,3,5-7,10-11,13,15,17,23-24H,2,4,8-9,12H2/t15-,17+/m0/s1. The predicted molar refractivity (Wildman–Crippen MR) is 94.5 cm³/mol. The van der Waals surface area contributed by atoms with Crippen molar-refractivity contribution in [1.82, 2.24) is 15.3 Å². The second kappa shape index (κ2) is 6.73. The van der Waals surface area contributed by atoms with Crippen LogP contribution in [-0.4, -0.2) is 23.1 Å². The highest BCUT2D eigenvalue weighted by atomic mass is 19.1. The first kappa shape index (κ1) is 15.3. The molecule has 3 aromatic rings. The lowest BCUT2D eigenvalue weighted by Gasteiger charge is -2.04. The molecule has 2 heterocycles. The molecule has 124 valence electrons. The summed E-state index contributed by atoms with van der Waals surface area (Å²) in [6.45, 7) is 2.07. The van der Waals surface area contributed by atoms with Crippen LogP contribution < -0.4 is 5.32 Å². The lowest BCUT2D eigenvalue weighted by molar-refractivity contribution is 0.605. The van der Waals surface area contributed by atoms with Crippen LogP contribution in [0.15, 0.2) is 48.9 Å². The maximum atomic E-state index is 13.5. The van der Waals surface area contributed by atoms with Crippen LogP contribution in [0.4, 0.5) is 4.39 Å². The molecule has 24 heavy (non-hydrogen) atoms. The molecule has 0 radical (unpaired) electrons. The minimum Gasteiger partial charge on any atom is -0.361 e. The van der Waals surface area contributed by atoms with E-state index in [0.29, 0.717) is 11.8 Å². The van der Waals surface area contributed by atoms with Crippen molar-refractivity contribution in [2.75, 3.05) is 13.1 Å². The summed E-state index contributed by atoms with van der Waals surface area (Å²) >= 11 is 0. The number of hydrogen-bond donors (Lipinski definition) is 2. The largest absolute Gasteiger partial charge is 0.361 e. The minimum absolute atomic E-state index is 0.158. The molecule has 1 aliphatic rings. The quantitative estimate of drug-likeness (QED) is 0.645. The number of aryl methyl sites for hydroxylation is 1. The van der Waals surface area contributed by atoms with Gasteiger partial charge in [0.1, 0.15) is 5.82 Å². The van der Waals surface area contributed by atoms with Crippen LogP contribution in [0.5, 0.6) is 0 Å². The minimum atomic E-state index is -0.158. The average molecular weight is 323 g/mol. The lowest BCUT2D eigenvalue weighted by atomic mass is 10.1. The highest BCUT2D eigenvalue weighted by Crippen LogP contribution is 2.49. The normalized spacial score (nSPS) is 19.7. The maximum Gasteiger partial charge on any atom is 0.123 e. The number of pyridine rings is 1. The number of benzene rings is 1. The summed E-state index contributed by atoms with van der Waals surface area (Å²) in [6.07, 6.45) is 9.19. The van der Waals surface area contributed by atoms with E-state index in [9.17, 15) is 4.39 Å². The Hall–Kier alpha value is -2.20. The number of aromatic amines is 1. The molecule has 2 atom stereocenters. The van der Waals surface area contributed by atoms with E-state index in [0.717, 1.165) is 36.8 Å². The smallest absolute Gasteiger partial charge is 0.123 e. The van der Waals surface area contributed by atoms with Gasteiger partial charge in [0.05, 0.1) is 0 Å². The molecule has 1 aliphatic carbocycles. The molecule has 3 nitrogen and oxygen atoms in total. The first-order chi connectivity index (χ1) is 11.8. The van der Waals surface area contributed by atoms with E-state index < -0.39 is 0 Å². The van der Waals surface area contributed by atoms with Crippen molar-refractivity contribution in [3.05, 3.63) is 65.9 Å². The van der Waals surface area contributed by atoms with E-state index in [2.05, 4.69) is 27.5 Å². The number of nitrogens with zero attached hydrogens (tertiary/aromatic N) is 1. The van der Waals surface area contributed by atoms with Crippen molar-refractivity contribution in [2.24, 2.45) is 5.92 Å². The van der Waals surface area contributed by atoms with E-state index in [-0.39, 0.29) is 5.82 Å². The molecule has 0 saturated heterocycles. The van der Waals surface area contributed by atoms with Crippen molar-refractivity contribution in [3.8, 4) is 0 Å². The Kier molecular flexibility index (Phi) is 4.30. The average Bonchev–Trinajstić information content (AvgIpc) is 3.25. The van der Waals surface area contributed by atoms with E-state index in [1.807, 2.05) is 24.5 Å². The van der Waals surface area contributed by atoms with Crippen LogP contribution in [0.2, 0.25) is 0 Å². The molecule has 4 heteroatoms. The highest BCUT2D eigenvalue weighted by Gasteiger charge is 2.39. The Balaban J connectivity index is 1.24. The molecular formula is C20H22FN3. The molecule has 2 aromatic heterocycles.